The Bertz CT molecular complexity index is 1390. The maximum Gasteiger partial charge on any atom is 0.348 e. The molecular weight excluding hydrogens is 550 g/mol. The fraction of sp³-hybridized carbons (Fsp3) is 0.345. The Hall–Kier alpha value is -3.60. The molecule has 2 aromatic heterocycles. The first-order valence-electron chi connectivity index (χ1n) is 12.9. The lowest BCUT2D eigenvalue weighted by Crippen LogP contribution is -2.41. The molecule has 3 heterocycles. The van der Waals surface area contributed by atoms with E-state index in [0.717, 1.165) is 18.5 Å². The SMILES string of the molecule is Cc1ccc(C(=S)Nc2cccnc2C(=O)Nc2ccc(Cl)cn2)c(OC(C(=O)OC(C)(C)C)C2CCNC2)c1. The summed E-state index contributed by atoms with van der Waals surface area (Å²) in [7, 11) is 0. The molecule has 11 heteroatoms. The van der Waals surface area contributed by atoms with Gasteiger partial charge in [-0.25, -0.2) is 14.8 Å². The Morgan fingerprint density at radius 2 is 1.95 bits per heavy atom. The molecule has 1 aliphatic rings. The topological polar surface area (TPSA) is 114 Å². The zero-order chi connectivity index (χ0) is 28.9. The summed E-state index contributed by atoms with van der Waals surface area (Å²) in [6.07, 6.45) is 2.92. The van der Waals surface area contributed by atoms with E-state index < -0.39 is 23.6 Å². The maximum absolute atomic E-state index is 13.2. The molecule has 0 radical (unpaired) electrons. The van der Waals surface area contributed by atoms with E-state index >= 15 is 0 Å². The number of carbonyl (C=O) groups is 2. The van der Waals surface area contributed by atoms with E-state index in [-0.39, 0.29) is 11.6 Å². The number of ether oxygens (including phenoxy) is 2. The summed E-state index contributed by atoms with van der Waals surface area (Å²) in [5.41, 5.74) is 1.37. The molecule has 0 aliphatic carbocycles. The quantitative estimate of drug-likeness (QED) is 0.244. The van der Waals surface area contributed by atoms with Gasteiger partial charge < -0.3 is 25.4 Å². The molecule has 0 saturated carbocycles. The van der Waals surface area contributed by atoms with Crippen LogP contribution in [0.2, 0.25) is 5.02 Å². The molecule has 1 aliphatic heterocycles. The second-order valence-electron chi connectivity index (χ2n) is 10.5. The number of nitrogens with zero attached hydrogens (tertiary/aromatic N) is 2. The maximum atomic E-state index is 13.2. The van der Waals surface area contributed by atoms with Gasteiger partial charge >= 0.3 is 5.97 Å². The summed E-state index contributed by atoms with van der Waals surface area (Å²) in [4.78, 5) is 34.9. The molecule has 1 fully saturated rings. The first kappa shape index (κ1) is 29.4. The number of aryl methyl sites for hydroxylation is 1. The summed E-state index contributed by atoms with van der Waals surface area (Å²) in [6.45, 7) is 8.86. The molecule has 0 spiro atoms. The third kappa shape index (κ3) is 7.74. The van der Waals surface area contributed by atoms with Gasteiger partial charge in [-0.05, 0) is 82.6 Å². The lowest BCUT2D eigenvalue weighted by atomic mass is 10.0. The van der Waals surface area contributed by atoms with Crippen LogP contribution in [0.3, 0.4) is 0 Å². The van der Waals surface area contributed by atoms with Gasteiger partial charge in [-0.3, -0.25) is 4.79 Å². The second-order valence-corrected chi connectivity index (χ2v) is 11.3. The number of esters is 1. The van der Waals surface area contributed by atoms with Crippen LogP contribution in [0.5, 0.6) is 5.75 Å². The minimum absolute atomic E-state index is 0.0557. The molecule has 1 saturated heterocycles. The zero-order valence-corrected chi connectivity index (χ0v) is 24.4. The first-order chi connectivity index (χ1) is 19.0. The van der Waals surface area contributed by atoms with Gasteiger partial charge in [0.25, 0.3) is 5.91 Å². The number of hydrogen-bond acceptors (Lipinski definition) is 8. The van der Waals surface area contributed by atoms with Crippen LogP contribution in [0.4, 0.5) is 11.5 Å². The number of benzene rings is 1. The highest BCUT2D eigenvalue weighted by Crippen LogP contribution is 2.28. The number of halogens is 1. The van der Waals surface area contributed by atoms with Crippen LogP contribution in [0.1, 0.15) is 48.8 Å². The van der Waals surface area contributed by atoms with Crippen LogP contribution in [0.15, 0.2) is 54.9 Å². The lowest BCUT2D eigenvalue weighted by Gasteiger charge is -2.28. The molecule has 3 N–H and O–H groups in total. The number of hydrogen-bond donors (Lipinski definition) is 3. The van der Waals surface area contributed by atoms with Crippen molar-refractivity contribution in [2.24, 2.45) is 5.92 Å². The van der Waals surface area contributed by atoms with E-state index in [1.54, 1.807) is 24.3 Å². The molecule has 2 atom stereocenters. The van der Waals surface area contributed by atoms with Crippen LogP contribution < -0.4 is 20.7 Å². The fourth-order valence-corrected chi connectivity index (χ4v) is 4.58. The van der Waals surface area contributed by atoms with Crippen molar-refractivity contribution in [1.82, 2.24) is 15.3 Å². The van der Waals surface area contributed by atoms with Crippen molar-refractivity contribution in [2.75, 3.05) is 23.7 Å². The number of pyridine rings is 2. The van der Waals surface area contributed by atoms with E-state index in [1.807, 2.05) is 45.9 Å². The second kappa shape index (κ2) is 12.7. The van der Waals surface area contributed by atoms with Gasteiger partial charge in [-0.2, -0.15) is 0 Å². The number of anilines is 2. The van der Waals surface area contributed by atoms with Crippen LogP contribution in [0, 0.1) is 12.8 Å². The minimum Gasteiger partial charge on any atom is -0.478 e. The monoisotopic (exact) mass is 581 g/mol. The first-order valence-corrected chi connectivity index (χ1v) is 13.7. The van der Waals surface area contributed by atoms with Crippen LogP contribution in [-0.2, 0) is 9.53 Å². The molecular formula is C29H32ClN5O4S. The predicted octanol–water partition coefficient (Wildman–Crippen LogP) is 5.18. The molecule has 1 aromatic carbocycles. The van der Waals surface area contributed by atoms with Crippen LogP contribution in [-0.4, -0.2) is 51.6 Å². The van der Waals surface area contributed by atoms with E-state index in [9.17, 15) is 9.59 Å². The van der Waals surface area contributed by atoms with Crippen LogP contribution >= 0.6 is 23.8 Å². The van der Waals surface area contributed by atoms with Gasteiger partial charge in [-0.1, -0.05) is 29.9 Å². The van der Waals surface area contributed by atoms with Gasteiger partial charge in [-0.15, -0.1) is 0 Å². The summed E-state index contributed by atoms with van der Waals surface area (Å²) in [5.74, 6) is -0.174. The van der Waals surface area contributed by atoms with Crippen molar-refractivity contribution in [1.29, 1.82) is 0 Å². The van der Waals surface area contributed by atoms with E-state index in [1.165, 1.54) is 12.4 Å². The van der Waals surface area contributed by atoms with Gasteiger partial charge in [0, 0.05) is 24.9 Å². The third-order valence-corrected chi connectivity index (χ3v) is 6.59. The average molecular weight is 582 g/mol. The molecule has 2 unspecified atom stereocenters. The number of rotatable bonds is 8. The Morgan fingerprint density at radius 1 is 1.15 bits per heavy atom. The van der Waals surface area contributed by atoms with Crippen molar-refractivity contribution in [2.45, 2.75) is 45.8 Å². The smallest absolute Gasteiger partial charge is 0.348 e. The van der Waals surface area contributed by atoms with Gasteiger partial charge in [0.2, 0.25) is 0 Å². The molecule has 0 bridgehead atoms. The third-order valence-electron chi connectivity index (χ3n) is 6.04. The molecule has 9 nitrogen and oxygen atoms in total. The highest BCUT2D eigenvalue weighted by molar-refractivity contribution is 7.81. The van der Waals surface area contributed by atoms with Gasteiger partial charge in [0.15, 0.2) is 11.8 Å². The van der Waals surface area contributed by atoms with Crippen molar-refractivity contribution in [3.63, 3.8) is 0 Å². The van der Waals surface area contributed by atoms with Gasteiger partial charge in [0.1, 0.15) is 22.2 Å². The lowest BCUT2D eigenvalue weighted by molar-refractivity contribution is -0.165. The number of amides is 1. The van der Waals surface area contributed by atoms with Crippen molar-refractivity contribution in [3.05, 3.63) is 76.7 Å². The Morgan fingerprint density at radius 3 is 2.62 bits per heavy atom. The standard InChI is InChI=1S/C29H32ClN5O4S/c1-17-7-9-20(22(14-17)38-25(18-11-13-31-15-18)28(37)39-29(2,3)4)27(40)34-21-6-5-12-32-24(21)26(36)35-23-10-8-19(30)16-33-23/h5-10,12,14,16,18,25,31H,11,13,15H2,1-4H3,(H,34,40)(H,33,35,36). The van der Waals surface area contributed by atoms with Crippen molar-refractivity contribution >= 4 is 52.2 Å². The summed E-state index contributed by atoms with van der Waals surface area (Å²) >= 11 is 11.6. The van der Waals surface area contributed by atoms with E-state index in [4.69, 9.17) is 33.3 Å². The number of thiocarbonyl (C=S) groups is 1. The summed E-state index contributed by atoms with van der Waals surface area (Å²) < 4.78 is 12.1. The normalized spacial score (nSPS) is 15.7. The zero-order valence-electron chi connectivity index (χ0n) is 22.8. The molecule has 4 rings (SSSR count). The number of carbonyl (C=O) groups excluding carboxylic acids is 2. The van der Waals surface area contributed by atoms with Crippen molar-refractivity contribution in [3.8, 4) is 5.75 Å². The van der Waals surface area contributed by atoms with Crippen molar-refractivity contribution < 1.29 is 19.1 Å². The molecule has 210 valence electrons. The Labute approximate surface area is 244 Å². The molecule has 1 amide bonds. The molecule has 3 aromatic rings. The Kier molecular flexibility index (Phi) is 9.34. The summed E-state index contributed by atoms with van der Waals surface area (Å²) in [5, 5.41) is 9.59. The van der Waals surface area contributed by atoms with Gasteiger partial charge in [0.05, 0.1) is 16.3 Å². The number of nitrogens with one attached hydrogen (secondary N) is 3. The Balaban J connectivity index is 1.58. The molecule has 40 heavy (non-hydrogen) atoms. The van der Waals surface area contributed by atoms with E-state index in [0.29, 0.717) is 39.4 Å². The highest BCUT2D eigenvalue weighted by atomic mass is 35.5. The largest absolute Gasteiger partial charge is 0.478 e. The minimum atomic E-state index is -0.816. The highest BCUT2D eigenvalue weighted by Gasteiger charge is 2.36. The fourth-order valence-electron chi connectivity index (χ4n) is 4.19. The van der Waals surface area contributed by atoms with Crippen LogP contribution in [0.25, 0.3) is 0 Å². The number of aromatic nitrogens is 2. The summed E-state index contributed by atoms with van der Waals surface area (Å²) in [6, 6.07) is 12.2. The average Bonchev–Trinajstić information content (AvgIpc) is 3.42. The predicted molar refractivity (Wildman–Crippen MR) is 159 cm³/mol. The van der Waals surface area contributed by atoms with E-state index in [2.05, 4.69) is 25.9 Å².